The average molecular weight is 210 g/mol. The van der Waals surface area contributed by atoms with E-state index in [-0.39, 0.29) is 5.82 Å². The summed E-state index contributed by atoms with van der Waals surface area (Å²) in [6, 6.07) is 6.72. The van der Waals surface area contributed by atoms with Gasteiger partial charge in [-0.1, -0.05) is 32.0 Å². The Morgan fingerprint density at radius 1 is 1.33 bits per heavy atom. The number of rotatable bonds is 3. The number of nitrogens with zero attached hydrogens (tertiary/aromatic N) is 2. The van der Waals surface area contributed by atoms with Crippen molar-refractivity contribution in [1.82, 2.24) is 5.01 Å². The molecule has 1 aromatic carbocycles. The van der Waals surface area contributed by atoms with Crippen LogP contribution in [0.15, 0.2) is 29.4 Å². The number of hydrazone groups is 1. The van der Waals surface area contributed by atoms with Crippen LogP contribution in [0.5, 0.6) is 0 Å². The van der Waals surface area contributed by atoms with E-state index in [1.165, 1.54) is 6.07 Å². The van der Waals surface area contributed by atoms with Crippen molar-refractivity contribution in [2.75, 3.05) is 7.05 Å². The van der Waals surface area contributed by atoms with Gasteiger partial charge in [-0.15, -0.1) is 0 Å². The molecule has 0 amide bonds. The first-order valence-corrected chi connectivity index (χ1v) is 5.17. The van der Waals surface area contributed by atoms with Crippen molar-refractivity contribution in [3.8, 4) is 0 Å². The Balaban J connectivity index is 0.000000921. The van der Waals surface area contributed by atoms with Gasteiger partial charge in [0.1, 0.15) is 5.82 Å². The van der Waals surface area contributed by atoms with E-state index in [4.69, 9.17) is 0 Å². The van der Waals surface area contributed by atoms with Crippen LogP contribution in [0.4, 0.5) is 4.39 Å². The zero-order valence-corrected chi connectivity index (χ0v) is 9.87. The van der Waals surface area contributed by atoms with Crippen LogP contribution in [0.3, 0.4) is 0 Å². The van der Waals surface area contributed by atoms with Gasteiger partial charge in [0.15, 0.2) is 0 Å². The summed E-state index contributed by atoms with van der Waals surface area (Å²) in [4.78, 5) is 0. The monoisotopic (exact) mass is 210 g/mol. The molecule has 0 atom stereocenters. The van der Waals surface area contributed by atoms with Crippen molar-refractivity contribution in [2.45, 2.75) is 27.3 Å². The first-order chi connectivity index (χ1) is 7.24. The Bertz CT molecular complexity index is 297. The van der Waals surface area contributed by atoms with Crippen molar-refractivity contribution in [3.63, 3.8) is 0 Å². The van der Waals surface area contributed by atoms with Crippen LogP contribution >= 0.6 is 0 Å². The fraction of sp³-hybridized carbons (Fsp3) is 0.417. The number of hydrogen-bond donors (Lipinski definition) is 0. The van der Waals surface area contributed by atoms with Crippen molar-refractivity contribution in [1.29, 1.82) is 0 Å². The van der Waals surface area contributed by atoms with Gasteiger partial charge >= 0.3 is 0 Å². The third-order valence-electron chi connectivity index (χ3n) is 1.67. The maximum absolute atomic E-state index is 13.1. The quantitative estimate of drug-likeness (QED) is 0.552. The average Bonchev–Trinajstić information content (AvgIpc) is 2.25. The molecule has 15 heavy (non-hydrogen) atoms. The Hall–Kier alpha value is -1.38. The zero-order valence-electron chi connectivity index (χ0n) is 9.87. The SMILES string of the molecule is C/C=N\N(C)Cc1ccccc1F.CC. The number of hydrogen-bond acceptors (Lipinski definition) is 2. The fourth-order valence-electron chi connectivity index (χ4n) is 1.11. The van der Waals surface area contributed by atoms with Crippen LogP contribution in [0.1, 0.15) is 26.3 Å². The second-order valence-corrected chi connectivity index (χ2v) is 2.78. The highest BCUT2D eigenvalue weighted by molar-refractivity contribution is 5.52. The molecule has 0 heterocycles. The second-order valence-electron chi connectivity index (χ2n) is 2.78. The minimum absolute atomic E-state index is 0.180. The Labute approximate surface area is 91.4 Å². The molecule has 0 aromatic heterocycles. The molecule has 0 unspecified atom stereocenters. The van der Waals surface area contributed by atoms with Crippen LogP contribution in [0.2, 0.25) is 0 Å². The van der Waals surface area contributed by atoms with E-state index in [1.54, 1.807) is 23.4 Å². The van der Waals surface area contributed by atoms with E-state index >= 15 is 0 Å². The standard InChI is InChI=1S/C10H13FN2.C2H6/c1-3-12-13(2)8-9-6-4-5-7-10(9)11;1-2/h3-7H,8H2,1-2H3;1-2H3/b12-3-;. The van der Waals surface area contributed by atoms with E-state index in [9.17, 15) is 4.39 Å². The number of benzene rings is 1. The van der Waals surface area contributed by atoms with E-state index in [2.05, 4.69) is 5.10 Å². The molecule has 3 heteroatoms. The summed E-state index contributed by atoms with van der Waals surface area (Å²) in [6.07, 6.45) is 1.68. The second kappa shape index (κ2) is 7.97. The summed E-state index contributed by atoms with van der Waals surface area (Å²) in [6.45, 7) is 6.33. The first-order valence-electron chi connectivity index (χ1n) is 5.17. The summed E-state index contributed by atoms with van der Waals surface area (Å²) >= 11 is 0. The molecule has 1 aromatic rings. The first kappa shape index (κ1) is 13.6. The Kier molecular flexibility index (Phi) is 7.24. The Morgan fingerprint density at radius 3 is 2.47 bits per heavy atom. The highest BCUT2D eigenvalue weighted by atomic mass is 19.1. The van der Waals surface area contributed by atoms with Gasteiger partial charge in [-0.2, -0.15) is 5.10 Å². The molecule has 0 saturated carbocycles. The van der Waals surface area contributed by atoms with E-state index in [0.717, 1.165) is 0 Å². The maximum Gasteiger partial charge on any atom is 0.128 e. The van der Waals surface area contributed by atoms with E-state index in [1.807, 2.05) is 33.9 Å². The normalized spacial score (nSPS) is 9.67. The highest BCUT2D eigenvalue weighted by Gasteiger charge is 2.01. The number of halogens is 1. The van der Waals surface area contributed by atoms with Gasteiger partial charge in [0.25, 0.3) is 0 Å². The Morgan fingerprint density at radius 2 is 1.93 bits per heavy atom. The largest absolute Gasteiger partial charge is 0.296 e. The molecule has 1 rings (SSSR count). The summed E-state index contributed by atoms with van der Waals surface area (Å²) in [5.41, 5.74) is 0.663. The molecule has 0 saturated heterocycles. The van der Waals surface area contributed by atoms with E-state index < -0.39 is 0 Å². The van der Waals surface area contributed by atoms with Gasteiger partial charge in [0, 0.05) is 18.8 Å². The van der Waals surface area contributed by atoms with Crippen LogP contribution < -0.4 is 0 Å². The third-order valence-corrected chi connectivity index (χ3v) is 1.67. The molecule has 0 N–H and O–H groups in total. The molecule has 0 aliphatic rings. The minimum atomic E-state index is -0.180. The third kappa shape index (κ3) is 5.15. The minimum Gasteiger partial charge on any atom is -0.296 e. The molecule has 84 valence electrons. The van der Waals surface area contributed by atoms with Crippen LogP contribution in [-0.2, 0) is 6.54 Å². The summed E-state index contributed by atoms with van der Waals surface area (Å²) in [5, 5.41) is 5.70. The van der Waals surface area contributed by atoms with Gasteiger partial charge in [0.2, 0.25) is 0 Å². The molecule has 0 aliphatic heterocycles. The van der Waals surface area contributed by atoms with Gasteiger partial charge in [0.05, 0.1) is 6.54 Å². The van der Waals surface area contributed by atoms with Gasteiger partial charge in [-0.25, -0.2) is 4.39 Å². The predicted octanol–water partition coefficient (Wildman–Crippen LogP) is 3.29. The maximum atomic E-state index is 13.1. The molecule has 0 spiro atoms. The lowest BCUT2D eigenvalue weighted by Crippen LogP contribution is -2.11. The van der Waals surface area contributed by atoms with Crippen molar-refractivity contribution in [3.05, 3.63) is 35.6 Å². The predicted molar refractivity (Wildman–Crippen MR) is 63.4 cm³/mol. The van der Waals surface area contributed by atoms with Gasteiger partial charge < -0.3 is 0 Å². The van der Waals surface area contributed by atoms with Gasteiger partial charge in [-0.05, 0) is 13.0 Å². The molecule has 0 radical (unpaired) electrons. The topological polar surface area (TPSA) is 15.6 Å². The zero-order chi connectivity index (χ0) is 11.7. The van der Waals surface area contributed by atoms with Crippen molar-refractivity contribution < 1.29 is 4.39 Å². The lowest BCUT2D eigenvalue weighted by Gasteiger charge is -2.12. The lowest BCUT2D eigenvalue weighted by molar-refractivity contribution is 0.342. The van der Waals surface area contributed by atoms with E-state index in [0.29, 0.717) is 12.1 Å². The van der Waals surface area contributed by atoms with Gasteiger partial charge in [-0.3, -0.25) is 5.01 Å². The van der Waals surface area contributed by atoms with Crippen LogP contribution in [0, 0.1) is 5.82 Å². The fourth-order valence-corrected chi connectivity index (χ4v) is 1.11. The molecule has 0 fully saturated rings. The smallest absolute Gasteiger partial charge is 0.128 e. The van der Waals surface area contributed by atoms with Crippen LogP contribution in [0.25, 0.3) is 0 Å². The molecular formula is C12H19FN2. The van der Waals surface area contributed by atoms with Crippen molar-refractivity contribution in [2.24, 2.45) is 5.10 Å². The highest BCUT2D eigenvalue weighted by Crippen LogP contribution is 2.08. The molecule has 0 bridgehead atoms. The molecular weight excluding hydrogens is 191 g/mol. The molecule has 0 aliphatic carbocycles. The summed E-state index contributed by atoms with van der Waals surface area (Å²) in [5.74, 6) is -0.180. The van der Waals surface area contributed by atoms with Crippen molar-refractivity contribution >= 4 is 6.21 Å². The summed E-state index contributed by atoms with van der Waals surface area (Å²) in [7, 11) is 1.81. The summed E-state index contributed by atoms with van der Waals surface area (Å²) < 4.78 is 13.1. The molecule has 2 nitrogen and oxygen atoms in total. The van der Waals surface area contributed by atoms with Crippen LogP contribution in [-0.4, -0.2) is 18.3 Å². The lowest BCUT2D eigenvalue weighted by atomic mass is 10.2.